The van der Waals surface area contributed by atoms with Crippen LogP contribution >= 0.6 is 0 Å². The van der Waals surface area contributed by atoms with E-state index in [1.165, 1.54) is 13.1 Å². The molecule has 7 nitrogen and oxygen atoms in total. The Balaban J connectivity index is 1.46. The van der Waals surface area contributed by atoms with Gasteiger partial charge in [-0.15, -0.1) is 0 Å². The van der Waals surface area contributed by atoms with Crippen LogP contribution in [0.4, 0.5) is 24.5 Å². The van der Waals surface area contributed by atoms with Gasteiger partial charge in [0.25, 0.3) is 0 Å². The van der Waals surface area contributed by atoms with Gasteiger partial charge in [0.2, 0.25) is 0 Å². The van der Waals surface area contributed by atoms with E-state index >= 15 is 0 Å². The Kier molecular flexibility index (Phi) is 6.32. The number of benzene rings is 2. The van der Waals surface area contributed by atoms with E-state index in [0.29, 0.717) is 11.5 Å². The fraction of sp³-hybridized carbons (Fsp3) is 0.222. The van der Waals surface area contributed by atoms with Crippen molar-refractivity contribution in [2.24, 2.45) is 0 Å². The normalized spacial score (nSPS) is 13.4. The molecule has 2 aromatic carbocycles. The molecule has 2 aromatic heterocycles. The first-order valence-electron chi connectivity index (χ1n) is 11.5. The molecule has 0 saturated heterocycles. The molecule has 10 heteroatoms. The van der Waals surface area contributed by atoms with E-state index in [2.05, 4.69) is 10.3 Å². The Labute approximate surface area is 208 Å². The predicted octanol–water partition coefficient (Wildman–Crippen LogP) is 6.60. The fourth-order valence-corrected chi connectivity index (χ4v) is 3.96. The second-order valence-electron chi connectivity index (χ2n) is 8.70. The molecule has 1 saturated carbocycles. The maximum absolute atomic E-state index is 13.9. The Morgan fingerprint density at radius 1 is 1.11 bits per heavy atom. The standard InChI is InChI=1S/C27H21F3N2O5/c1-15-23(37-26(34)36-15)14-35-25(33)20-11-18(16-7-8-16)9-10-22(20)32-19-12-21(27(28,29)30)24(31-13-19)17-5-3-2-4-6-17/h2-6,9-13,16,32H,7-8,14H2,1H3. The lowest BCUT2D eigenvalue weighted by Gasteiger charge is -2.16. The van der Waals surface area contributed by atoms with Crippen molar-refractivity contribution >= 4 is 17.3 Å². The van der Waals surface area contributed by atoms with Crippen LogP contribution in [-0.4, -0.2) is 11.0 Å². The van der Waals surface area contributed by atoms with Crippen LogP contribution in [-0.2, 0) is 17.5 Å². The van der Waals surface area contributed by atoms with E-state index in [9.17, 15) is 22.8 Å². The third-order valence-corrected chi connectivity index (χ3v) is 6.00. The van der Waals surface area contributed by atoms with Crippen molar-refractivity contribution in [1.29, 1.82) is 0 Å². The van der Waals surface area contributed by atoms with E-state index in [1.54, 1.807) is 42.5 Å². The minimum absolute atomic E-state index is 0.0527. The number of hydrogen-bond donors (Lipinski definition) is 1. The number of ether oxygens (including phenoxy) is 1. The number of hydrogen-bond acceptors (Lipinski definition) is 7. The predicted molar refractivity (Wildman–Crippen MR) is 127 cm³/mol. The summed E-state index contributed by atoms with van der Waals surface area (Å²) in [5.41, 5.74) is 0.595. The highest BCUT2D eigenvalue weighted by atomic mass is 19.4. The van der Waals surface area contributed by atoms with Gasteiger partial charge in [-0.1, -0.05) is 36.4 Å². The van der Waals surface area contributed by atoms with Crippen molar-refractivity contribution < 1.29 is 31.5 Å². The van der Waals surface area contributed by atoms with E-state index in [4.69, 9.17) is 13.6 Å². The SMILES string of the molecule is Cc1oc(=O)oc1COC(=O)c1cc(C2CC2)ccc1Nc1cnc(-c2ccccc2)c(C(F)(F)F)c1. The van der Waals surface area contributed by atoms with Crippen LogP contribution in [0.2, 0.25) is 0 Å². The molecular formula is C27H21F3N2O5. The van der Waals surface area contributed by atoms with E-state index < -0.39 is 23.5 Å². The van der Waals surface area contributed by atoms with Crippen LogP contribution in [0.3, 0.4) is 0 Å². The summed E-state index contributed by atoms with van der Waals surface area (Å²) >= 11 is 0. The Morgan fingerprint density at radius 2 is 1.86 bits per heavy atom. The lowest BCUT2D eigenvalue weighted by atomic mass is 10.0. The van der Waals surface area contributed by atoms with Gasteiger partial charge in [-0.3, -0.25) is 4.98 Å². The third kappa shape index (κ3) is 5.42. The average Bonchev–Trinajstić information content (AvgIpc) is 3.67. The summed E-state index contributed by atoms with van der Waals surface area (Å²) in [4.78, 5) is 28.3. The lowest BCUT2D eigenvalue weighted by Crippen LogP contribution is -2.11. The molecule has 0 bridgehead atoms. The Hall–Kier alpha value is -4.34. The van der Waals surface area contributed by atoms with Gasteiger partial charge < -0.3 is 18.9 Å². The number of aryl methyl sites for hydroxylation is 1. The maximum atomic E-state index is 13.9. The number of anilines is 2. The summed E-state index contributed by atoms with van der Waals surface area (Å²) in [6, 6.07) is 14.2. The van der Waals surface area contributed by atoms with Crippen molar-refractivity contribution in [2.45, 2.75) is 38.5 Å². The average molecular weight is 510 g/mol. The number of esters is 1. The van der Waals surface area contributed by atoms with Crippen LogP contribution in [0, 0.1) is 6.92 Å². The molecule has 0 spiro atoms. The maximum Gasteiger partial charge on any atom is 0.519 e. The largest absolute Gasteiger partial charge is 0.519 e. The number of alkyl halides is 3. The number of rotatable bonds is 7. The van der Waals surface area contributed by atoms with Crippen molar-refractivity contribution in [1.82, 2.24) is 4.98 Å². The summed E-state index contributed by atoms with van der Waals surface area (Å²) in [5.74, 6) is -1.07. The van der Waals surface area contributed by atoms with Crippen molar-refractivity contribution in [3.8, 4) is 11.3 Å². The minimum Gasteiger partial charge on any atom is -0.454 e. The summed E-state index contributed by atoms with van der Waals surface area (Å²) in [5, 5.41) is 2.89. The molecule has 5 rings (SSSR count). The molecule has 1 fully saturated rings. The third-order valence-electron chi connectivity index (χ3n) is 6.00. The van der Waals surface area contributed by atoms with Gasteiger partial charge in [-0.05, 0) is 49.4 Å². The highest BCUT2D eigenvalue weighted by Gasteiger charge is 2.35. The molecule has 2 heterocycles. The zero-order chi connectivity index (χ0) is 26.2. The van der Waals surface area contributed by atoms with Crippen molar-refractivity contribution in [2.75, 3.05) is 5.32 Å². The van der Waals surface area contributed by atoms with Gasteiger partial charge in [0, 0.05) is 5.56 Å². The quantitative estimate of drug-likeness (QED) is 0.280. The lowest BCUT2D eigenvalue weighted by molar-refractivity contribution is -0.137. The van der Waals surface area contributed by atoms with Gasteiger partial charge in [0.15, 0.2) is 18.1 Å². The highest BCUT2D eigenvalue weighted by molar-refractivity contribution is 5.97. The zero-order valence-electron chi connectivity index (χ0n) is 19.6. The molecule has 1 aliphatic rings. The summed E-state index contributed by atoms with van der Waals surface area (Å²) in [6.07, 6.45) is -1.40. The first kappa shape index (κ1) is 24.4. The van der Waals surface area contributed by atoms with Crippen LogP contribution in [0.5, 0.6) is 0 Å². The van der Waals surface area contributed by atoms with Gasteiger partial charge in [0.05, 0.1) is 34.4 Å². The molecule has 0 amide bonds. The topological polar surface area (TPSA) is 94.6 Å². The molecule has 190 valence electrons. The first-order chi connectivity index (χ1) is 17.7. The van der Waals surface area contributed by atoms with Gasteiger partial charge in [0.1, 0.15) is 0 Å². The first-order valence-corrected chi connectivity index (χ1v) is 11.5. The highest BCUT2D eigenvalue weighted by Crippen LogP contribution is 2.42. The van der Waals surface area contributed by atoms with Crippen LogP contribution in [0.1, 0.15) is 51.8 Å². The molecular weight excluding hydrogens is 489 g/mol. The Morgan fingerprint density at radius 3 is 2.51 bits per heavy atom. The van der Waals surface area contributed by atoms with Crippen LogP contribution in [0.15, 0.2) is 74.4 Å². The molecule has 0 atom stereocenters. The molecule has 0 aliphatic heterocycles. The number of nitrogens with zero attached hydrogens (tertiary/aromatic N) is 1. The monoisotopic (exact) mass is 510 g/mol. The van der Waals surface area contributed by atoms with E-state index in [0.717, 1.165) is 24.5 Å². The zero-order valence-corrected chi connectivity index (χ0v) is 19.6. The summed E-state index contributed by atoms with van der Waals surface area (Å²) in [7, 11) is 0. The molecule has 1 N–H and O–H groups in total. The number of pyridine rings is 1. The second-order valence-corrected chi connectivity index (χ2v) is 8.70. The molecule has 1 aliphatic carbocycles. The molecule has 0 radical (unpaired) electrons. The van der Waals surface area contributed by atoms with Crippen LogP contribution < -0.4 is 11.1 Å². The van der Waals surface area contributed by atoms with Crippen LogP contribution in [0.25, 0.3) is 11.3 Å². The number of halogens is 3. The second kappa shape index (κ2) is 9.61. The number of carbonyl (C=O) groups is 1. The fourth-order valence-electron chi connectivity index (χ4n) is 3.96. The number of carbonyl (C=O) groups excluding carboxylic acids is 1. The molecule has 4 aromatic rings. The van der Waals surface area contributed by atoms with Gasteiger partial charge in [-0.25, -0.2) is 9.59 Å². The molecule has 37 heavy (non-hydrogen) atoms. The van der Waals surface area contributed by atoms with Gasteiger partial charge in [-0.2, -0.15) is 13.2 Å². The number of aromatic nitrogens is 1. The summed E-state index contributed by atoms with van der Waals surface area (Å²) < 4.78 is 56.7. The summed E-state index contributed by atoms with van der Waals surface area (Å²) in [6.45, 7) is 1.16. The smallest absolute Gasteiger partial charge is 0.454 e. The van der Waals surface area contributed by atoms with E-state index in [-0.39, 0.29) is 40.8 Å². The van der Waals surface area contributed by atoms with Gasteiger partial charge >= 0.3 is 18.0 Å². The van der Waals surface area contributed by atoms with Crippen molar-refractivity contribution in [3.05, 3.63) is 99.6 Å². The minimum atomic E-state index is -4.65. The van der Waals surface area contributed by atoms with E-state index in [1.807, 2.05) is 6.07 Å². The number of nitrogens with one attached hydrogen (secondary N) is 1. The molecule has 0 unspecified atom stereocenters. The Bertz CT molecular complexity index is 1500. The van der Waals surface area contributed by atoms with Crippen molar-refractivity contribution in [3.63, 3.8) is 0 Å².